The van der Waals surface area contributed by atoms with Gasteiger partial charge in [0.15, 0.2) is 0 Å². The molecule has 0 radical (unpaired) electrons. The second-order valence-electron chi connectivity index (χ2n) is 2.77. The number of aromatic nitrogens is 2. The van der Waals surface area contributed by atoms with E-state index in [1.54, 1.807) is 11.3 Å². The van der Waals surface area contributed by atoms with Gasteiger partial charge in [-0.15, -0.1) is 11.3 Å². The zero-order valence-corrected chi connectivity index (χ0v) is 10.4. The van der Waals surface area contributed by atoms with Crippen molar-refractivity contribution in [3.63, 3.8) is 0 Å². The lowest BCUT2D eigenvalue weighted by Crippen LogP contribution is -1.88. The number of rotatable bonds is 1. The van der Waals surface area contributed by atoms with Gasteiger partial charge in [0, 0.05) is 5.69 Å². The van der Waals surface area contributed by atoms with Crippen molar-refractivity contribution >= 4 is 38.9 Å². The Hall–Kier alpha value is -0.450. The molecule has 0 fully saturated rings. The van der Waals surface area contributed by atoms with Crippen molar-refractivity contribution in [1.29, 1.82) is 0 Å². The molecule has 72 valence electrons. The Balaban J connectivity index is 2.51. The Morgan fingerprint density at radius 2 is 2.14 bits per heavy atom. The average Bonchev–Trinajstić information content (AvgIpc) is 2.50. The Kier molecular flexibility index (Phi) is 2.85. The van der Waals surface area contributed by atoms with E-state index < -0.39 is 0 Å². The van der Waals surface area contributed by atoms with E-state index in [9.17, 15) is 0 Å². The highest BCUT2D eigenvalue weighted by Crippen LogP contribution is 2.30. The average molecular weight is 290 g/mol. The van der Waals surface area contributed by atoms with Crippen LogP contribution in [0.25, 0.3) is 10.6 Å². The predicted octanol–water partition coefficient (Wildman–Crippen LogP) is 3.93. The van der Waals surface area contributed by atoms with E-state index in [-0.39, 0.29) is 0 Å². The summed E-state index contributed by atoms with van der Waals surface area (Å²) < 4.78 is 1.08. The summed E-state index contributed by atoms with van der Waals surface area (Å²) in [6.45, 7) is 1.90. The van der Waals surface area contributed by atoms with E-state index in [4.69, 9.17) is 11.6 Å². The third-order valence-electron chi connectivity index (χ3n) is 1.65. The normalized spacial score (nSPS) is 10.5. The molecule has 0 bridgehead atoms. The first-order valence-corrected chi connectivity index (χ1v) is 5.91. The highest BCUT2D eigenvalue weighted by molar-refractivity contribution is 9.11. The fraction of sp³-hybridized carbons (Fsp3) is 0.111. The van der Waals surface area contributed by atoms with Crippen LogP contribution in [0.3, 0.4) is 0 Å². The van der Waals surface area contributed by atoms with E-state index in [0.717, 1.165) is 20.1 Å². The van der Waals surface area contributed by atoms with Crippen LogP contribution in [0.15, 0.2) is 22.0 Å². The first-order chi connectivity index (χ1) is 6.65. The van der Waals surface area contributed by atoms with E-state index in [1.165, 1.54) is 0 Å². The summed E-state index contributed by atoms with van der Waals surface area (Å²) in [6.07, 6.45) is 0. The van der Waals surface area contributed by atoms with Crippen LogP contribution < -0.4 is 0 Å². The van der Waals surface area contributed by atoms with Crippen LogP contribution in [0.5, 0.6) is 0 Å². The van der Waals surface area contributed by atoms with E-state index in [1.807, 2.05) is 25.1 Å². The topological polar surface area (TPSA) is 25.8 Å². The predicted molar refractivity (Wildman–Crippen MR) is 62.8 cm³/mol. The summed E-state index contributed by atoms with van der Waals surface area (Å²) in [6, 6.07) is 5.92. The molecule has 0 saturated heterocycles. The van der Waals surface area contributed by atoms with Gasteiger partial charge in [-0.1, -0.05) is 0 Å². The lowest BCUT2D eigenvalue weighted by atomic mass is 10.3. The first-order valence-electron chi connectivity index (χ1n) is 3.92. The van der Waals surface area contributed by atoms with Gasteiger partial charge >= 0.3 is 0 Å². The highest BCUT2D eigenvalue weighted by Gasteiger charge is 2.05. The maximum Gasteiger partial charge on any atom is 0.223 e. The fourth-order valence-electron chi connectivity index (χ4n) is 1.11. The Labute approximate surface area is 99.1 Å². The molecule has 2 aromatic rings. The zero-order valence-electron chi connectivity index (χ0n) is 7.29. The number of nitrogens with zero attached hydrogens (tertiary/aromatic N) is 2. The summed E-state index contributed by atoms with van der Waals surface area (Å²) in [7, 11) is 0. The lowest BCUT2D eigenvalue weighted by Gasteiger charge is -1.98. The number of aryl methyl sites for hydroxylation is 1. The van der Waals surface area contributed by atoms with E-state index >= 15 is 0 Å². The standard InChI is InChI=1S/C9H6BrClN2S/c1-5-4-6(13-9(11)12-5)7-2-3-8(10)14-7/h2-4H,1H3. The fourth-order valence-corrected chi connectivity index (χ4v) is 2.68. The van der Waals surface area contributed by atoms with Crippen LogP contribution in [0, 0.1) is 6.92 Å². The maximum atomic E-state index is 5.78. The molecule has 0 aromatic carbocycles. The molecule has 0 aliphatic rings. The van der Waals surface area contributed by atoms with Gasteiger partial charge < -0.3 is 0 Å². The van der Waals surface area contributed by atoms with Gasteiger partial charge in [-0.3, -0.25) is 0 Å². The summed E-state index contributed by atoms with van der Waals surface area (Å²) in [5.74, 6) is 0. The molecular weight excluding hydrogens is 284 g/mol. The van der Waals surface area contributed by atoms with Crippen molar-refractivity contribution in [1.82, 2.24) is 9.97 Å². The molecule has 0 amide bonds. The van der Waals surface area contributed by atoms with Crippen LogP contribution in [0.1, 0.15) is 5.69 Å². The molecule has 0 atom stereocenters. The number of hydrogen-bond acceptors (Lipinski definition) is 3. The third kappa shape index (κ3) is 2.13. The van der Waals surface area contributed by atoms with Gasteiger partial charge in [0.2, 0.25) is 5.28 Å². The summed E-state index contributed by atoms with van der Waals surface area (Å²) >= 11 is 10.8. The van der Waals surface area contributed by atoms with Crippen LogP contribution >= 0.6 is 38.9 Å². The van der Waals surface area contributed by atoms with Crippen molar-refractivity contribution < 1.29 is 0 Å². The van der Waals surface area contributed by atoms with Crippen molar-refractivity contribution in [2.45, 2.75) is 6.92 Å². The van der Waals surface area contributed by atoms with Gasteiger partial charge in [-0.25, -0.2) is 9.97 Å². The monoisotopic (exact) mass is 288 g/mol. The van der Waals surface area contributed by atoms with Crippen molar-refractivity contribution in [3.8, 4) is 10.6 Å². The first kappa shape index (κ1) is 10.1. The molecule has 0 aliphatic heterocycles. The van der Waals surface area contributed by atoms with Crippen molar-refractivity contribution in [2.24, 2.45) is 0 Å². The Morgan fingerprint density at radius 3 is 2.71 bits per heavy atom. The second kappa shape index (κ2) is 3.96. The molecule has 0 aliphatic carbocycles. The van der Waals surface area contributed by atoms with Crippen LogP contribution in [-0.4, -0.2) is 9.97 Å². The quantitative estimate of drug-likeness (QED) is 0.743. The molecule has 0 saturated carbocycles. The summed E-state index contributed by atoms with van der Waals surface area (Å²) in [4.78, 5) is 9.26. The lowest BCUT2D eigenvalue weighted by molar-refractivity contribution is 1.11. The van der Waals surface area contributed by atoms with E-state index in [0.29, 0.717) is 5.28 Å². The Morgan fingerprint density at radius 1 is 1.36 bits per heavy atom. The number of halogens is 2. The minimum atomic E-state index is 0.296. The molecule has 14 heavy (non-hydrogen) atoms. The van der Waals surface area contributed by atoms with Gasteiger partial charge in [-0.05, 0) is 52.7 Å². The molecule has 2 aromatic heterocycles. The molecule has 2 nitrogen and oxygen atoms in total. The highest BCUT2D eigenvalue weighted by atomic mass is 79.9. The molecule has 5 heteroatoms. The molecule has 2 rings (SSSR count). The smallest absolute Gasteiger partial charge is 0.223 e. The molecule has 0 spiro atoms. The zero-order chi connectivity index (χ0) is 10.1. The summed E-state index contributed by atoms with van der Waals surface area (Å²) in [5, 5.41) is 0.296. The summed E-state index contributed by atoms with van der Waals surface area (Å²) in [5.41, 5.74) is 1.75. The van der Waals surface area contributed by atoms with Crippen molar-refractivity contribution in [3.05, 3.63) is 33.0 Å². The molecule has 0 unspecified atom stereocenters. The third-order valence-corrected chi connectivity index (χ3v) is 3.47. The Bertz CT molecular complexity index is 449. The minimum absolute atomic E-state index is 0.296. The minimum Gasteiger partial charge on any atom is -0.223 e. The molecular formula is C9H6BrClN2S. The largest absolute Gasteiger partial charge is 0.223 e. The number of hydrogen-bond donors (Lipinski definition) is 0. The van der Waals surface area contributed by atoms with Gasteiger partial charge in [0.25, 0.3) is 0 Å². The van der Waals surface area contributed by atoms with Crippen LogP contribution in [0.2, 0.25) is 5.28 Å². The van der Waals surface area contributed by atoms with Crippen LogP contribution in [0.4, 0.5) is 0 Å². The van der Waals surface area contributed by atoms with Gasteiger partial charge in [0.1, 0.15) is 0 Å². The van der Waals surface area contributed by atoms with Gasteiger partial charge in [-0.2, -0.15) is 0 Å². The second-order valence-corrected chi connectivity index (χ2v) is 5.57. The van der Waals surface area contributed by atoms with E-state index in [2.05, 4.69) is 25.9 Å². The maximum absolute atomic E-state index is 5.78. The number of thiophene rings is 1. The molecule has 2 heterocycles. The van der Waals surface area contributed by atoms with Gasteiger partial charge in [0.05, 0.1) is 14.4 Å². The molecule has 0 N–H and O–H groups in total. The SMILES string of the molecule is Cc1cc(-c2ccc(Br)s2)nc(Cl)n1. The van der Waals surface area contributed by atoms with Crippen molar-refractivity contribution in [2.75, 3.05) is 0 Å². The van der Waals surface area contributed by atoms with Crippen LogP contribution in [-0.2, 0) is 0 Å².